The molecule has 0 radical (unpaired) electrons. The predicted molar refractivity (Wildman–Crippen MR) is 109 cm³/mol. The largest absolute Gasteiger partial charge is 0.496 e. The normalized spacial score (nSPS) is 14.4. The second kappa shape index (κ2) is 9.27. The molecule has 1 saturated heterocycles. The molecule has 0 unspecified atom stereocenters. The van der Waals surface area contributed by atoms with Gasteiger partial charge in [0.1, 0.15) is 16.6 Å². The highest BCUT2D eigenvalue weighted by Gasteiger charge is 2.23. The van der Waals surface area contributed by atoms with Gasteiger partial charge in [-0.3, -0.25) is 4.79 Å². The first kappa shape index (κ1) is 20.4. The van der Waals surface area contributed by atoms with Gasteiger partial charge in [-0.15, -0.1) is 0 Å². The number of rotatable bonds is 5. The van der Waals surface area contributed by atoms with Gasteiger partial charge in [0.15, 0.2) is 0 Å². The summed E-state index contributed by atoms with van der Waals surface area (Å²) in [6.45, 7) is 2.33. The van der Waals surface area contributed by atoms with Gasteiger partial charge in [-0.25, -0.2) is 4.98 Å². The zero-order chi connectivity index (χ0) is 20.1. The zero-order valence-corrected chi connectivity index (χ0v) is 17.1. The Labute approximate surface area is 173 Å². The van der Waals surface area contributed by atoms with E-state index in [4.69, 9.17) is 32.7 Å². The Bertz CT molecular complexity index is 857. The van der Waals surface area contributed by atoms with Gasteiger partial charge in [0.25, 0.3) is 5.91 Å². The van der Waals surface area contributed by atoms with Crippen LogP contribution in [0.3, 0.4) is 0 Å². The molecular weight excluding hydrogens is 405 g/mol. The molecule has 10 heteroatoms. The SMILES string of the molecule is CNc1nc(Nc2cc(OC)c(C(=O)N3CCCOCC3)cc2Cl)ncc1Cl. The number of carbonyl (C=O) groups is 1. The molecule has 0 saturated carbocycles. The molecule has 0 aliphatic carbocycles. The quantitative estimate of drug-likeness (QED) is 0.757. The minimum Gasteiger partial charge on any atom is -0.496 e. The van der Waals surface area contributed by atoms with Gasteiger partial charge in [0, 0.05) is 32.8 Å². The lowest BCUT2D eigenvalue weighted by Gasteiger charge is -2.21. The number of aromatic nitrogens is 2. The highest BCUT2D eigenvalue weighted by atomic mass is 35.5. The number of methoxy groups -OCH3 is 1. The Morgan fingerprint density at radius 1 is 1.25 bits per heavy atom. The van der Waals surface area contributed by atoms with E-state index in [0.717, 1.165) is 6.42 Å². The number of nitrogens with one attached hydrogen (secondary N) is 2. The van der Waals surface area contributed by atoms with Crippen molar-refractivity contribution < 1.29 is 14.3 Å². The molecule has 2 heterocycles. The summed E-state index contributed by atoms with van der Waals surface area (Å²) in [6, 6.07) is 3.24. The average molecular weight is 426 g/mol. The minimum absolute atomic E-state index is 0.143. The molecule has 8 nitrogen and oxygen atoms in total. The minimum atomic E-state index is -0.143. The van der Waals surface area contributed by atoms with Crippen LogP contribution in [0.25, 0.3) is 0 Å². The van der Waals surface area contributed by atoms with Crippen LogP contribution < -0.4 is 15.4 Å². The molecule has 1 aromatic heterocycles. The molecule has 2 aromatic rings. The number of nitrogens with zero attached hydrogens (tertiary/aromatic N) is 3. The molecule has 2 N–H and O–H groups in total. The molecule has 0 bridgehead atoms. The van der Waals surface area contributed by atoms with Crippen LogP contribution in [0.2, 0.25) is 10.0 Å². The molecular formula is C18H21Cl2N5O3. The first-order chi connectivity index (χ1) is 13.5. The first-order valence-electron chi connectivity index (χ1n) is 8.75. The standard InChI is InChI=1S/C18H21Cl2N5O3/c1-21-16-13(20)10-22-18(24-16)23-14-9-15(27-2)11(8-12(14)19)17(26)25-4-3-6-28-7-5-25/h8-10H,3-7H2,1-2H3,(H2,21,22,23,24). The number of ether oxygens (including phenoxy) is 2. The summed E-state index contributed by atoms with van der Waals surface area (Å²) in [5, 5.41) is 6.66. The highest BCUT2D eigenvalue weighted by Crippen LogP contribution is 2.33. The summed E-state index contributed by atoms with van der Waals surface area (Å²) in [7, 11) is 3.22. The number of amides is 1. The maximum atomic E-state index is 12.9. The Balaban J connectivity index is 1.88. The maximum Gasteiger partial charge on any atom is 0.257 e. The van der Waals surface area contributed by atoms with Crippen LogP contribution >= 0.6 is 23.2 Å². The van der Waals surface area contributed by atoms with Crippen molar-refractivity contribution in [2.24, 2.45) is 0 Å². The van der Waals surface area contributed by atoms with Crippen molar-refractivity contribution in [2.75, 3.05) is 51.1 Å². The average Bonchev–Trinajstić information content (AvgIpc) is 2.99. The van der Waals surface area contributed by atoms with E-state index in [0.29, 0.717) is 65.1 Å². The van der Waals surface area contributed by atoms with Crippen molar-refractivity contribution in [1.82, 2.24) is 14.9 Å². The third-order valence-electron chi connectivity index (χ3n) is 4.26. The van der Waals surface area contributed by atoms with Gasteiger partial charge >= 0.3 is 0 Å². The molecule has 3 rings (SSSR count). The maximum absolute atomic E-state index is 12.9. The number of carbonyl (C=O) groups excluding carboxylic acids is 1. The van der Waals surface area contributed by atoms with E-state index in [1.807, 2.05) is 0 Å². The summed E-state index contributed by atoms with van der Waals surface area (Å²) >= 11 is 12.4. The molecule has 1 aliphatic rings. The topological polar surface area (TPSA) is 88.6 Å². The highest BCUT2D eigenvalue weighted by molar-refractivity contribution is 6.34. The van der Waals surface area contributed by atoms with Gasteiger partial charge in [0.2, 0.25) is 5.95 Å². The monoisotopic (exact) mass is 425 g/mol. The first-order valence-corrected chi connectivity index (χ1v) is 9.51. The van der Waals surface area contributed by atoms with E-state index < -0.39 is 0 Å². The van der Waals surface area contributed by atoms with Crippen molar-refractivity contribution in [3.8, 4) is 5.75 Å². The van der Waals surface area contributed by atoms with E-state index in [-0.39, 0.29) is 5.91 Å². The van der Waals surface area contributed by atoms with Crippen LogP contribution in [0.15, 0.2) is 18.3 Å². The molecule has 1 aliphatic heterocycles. The summed E-state index contributed by atoms with van der Waals surface area (Å²) in [5.74, 6) is 1.06. The Kier molecular flexibility index (Phi) is 6.77. The van der Waals surface area contributed by atoms with Crippen LogP contribution in [-0.2, 0) is 4.74 Å². The summed E-state index contributed by atoms with van der Waals surface area (Å²) in [4.78, 5) is 23.1. The Hall–Kier alpha value is -2.29. The van der Waals surface area contributed by atoms with Crippen LogP contribution in [0.5, 0.6) is 5.75 Å². The Morgan fingerprint density at radius 3 is 2.82 bits per heavy atom. The van der Waals surface area contributed by atoms with Gasteiger partial charge < -0.3 is 25.0 Å². The van der Waals surface area contributed by atoms with Crippen LogP contribution in [0.1, 0.15) is 16.8 Å². The van der Waals surface area contributed by atoms with E-state index in [2.05, 4.69) is 20.6 Å². The number of hydrogen-bond acceptors (Lipinski definition) is 7. The summed E-state index contributed by atoms with van der Waals surface area (Å²) in [6.07, 6.45) is 2.27. The fourth-order valence-corrected chi connectivity index (χ4v) is 3.22. The summed E-state index contributed by atoms with van der Waals surface area (Å²) in [5.41, 5.74) is 0.909. The van der Waals surface area contributed by atoms with Crippen molar-refractivity contribution >= 4 is 46.6 Å². The van der Waals surface area contributed by atoms with Gasteiger partial charge in [0.05, 0.1) is 36.2 Å². The zero-order valence-electron chi connectivity index (χ0n) is 15.6. The number of anilines is 3. The summed E-state index contributed by atoms with van der Waals surface area (Å²) < 4.78 is 10.8. The van der Waals surface area contributed by atoms with Crippen molar-refractivity contribution in [2.45, 2.75) is 6.42 Å². The molecule has 1 amide bonds. The Morgan fingerprint density at radius 2 is 2.07 bits per heavy atom. The number of hydrogen-bond donors (Lipinski definition) is 2. The van der Waals surface area contributed by atoms with Crippen molar-refractivity contribution in [1.29, 1.82) is 0 Å². The lowest BCUT2D eigenvalue weighted by Crippen LogP contribution is -2.33. The number of halogens is 2. The fraction of sp³-hybridized carbons (Fsp3) is 0.389. The lowest BCUT2D eigenvalue weighted by molar-refractivity contribution is 0.0738. The molecule has 1 fully saturated rings. The van der Waals surface area contributed by atoms with Crippen LogP contribution in [-0.4, -0.2) is 61.2 Å². The number of benzene rings is 1. The van der Waals surface area contributed by atoms with Crippen molar-refractivity contribution in [3.63, 3.8) is 0 Å². The van der Waals surface area contributed by atoms with Crippen LogP contribution in [0.4, 0.5) is 17.5 Å². The fourth-order valence-electron chi connectivity index (χ4n) is 2.83. The smallest absolute Gasteiger partial charge is 0.257 e. The van der Waals surface area contributed by atoms with Gasteiger partial charge in [-0.1, -0.05) is 23.2 Å². The van der Waals surface area contributed by atoms with Crippen molar-refractivity contribution in [3.05, 3.63) is 33.9 Å². The van der Waals surface area contributed by atoms with E-state index in [9.17, 15) is 4.79 Å². The molecule has 150 valence electrons. The van der Waals surface area contributed by atoms with E-state index >= 15 is 0 Å². The second-order valence-corrected chi connectivity index (χ2v) is 6.87. The lowest BCUT2D eigenvalue weighted by atomic mass is 10.1. The predicted octanol–water partition coefficient (Wildman–Crippen LogP) is 3.44. The second-order valence-electron chi connectivity index (χ2n) is 6.06. The van der Waals surface area contributed by atoms with E-state index in [1.165, 1.54) is 13.3 Å². The third kappa shape index (κ3) is 4.57. The van der Waals surface area contributed by atoms with Gasteiger partial charge in [-0.05, 0) is 12.5 Å². The molecule has 1 aromatic carbocycles. The third-order valence-corrected chi connectivity index (χ3v) is 4.85. The molecule has 0 spiro atoms. The van der Waals surface area contributed by atoms with Gasteiger partial charge in [-0.2, -0.15) is 4.98 Å². The molecule has 28 heavy (non-hydrogen) atoms. The van der Waals surface area contributed by atoms with Crippen LogP contribution in [0, 0.1) is 0 Å². The molecule has 0 atom stereocenters. The van der Waals surface area contributed by atoms with E-state index in [1.54, 1.807) is 24.1 Å².